The van der Waals surface area contributed by atoms with Gasteiger partial charge in [-0.15, -0.1) is 22.7 Å². The van der Waals surface area contributed by atoms with Gasteiger partial charge >= 0.3 is 6.18 Å². The van der Waals surface area contributed by atoms with Crippen LogP contribution in [0.4, 0.5) is 17.6 Å². The molecule has 0 bridgehead atoms. The molecule has 3 heterocycles. The molecule has 1 aromatic carbocycles. The van der Waals surface area contributed by atoms with Crippen LogP contribution >= 0.6 is 22.7 Å². The molecular weight excluding hydrogens is 374 g/mol. The smallest absolute Gasteiger partial charge is 0.234 e. The van der Waals surface area contributed by atoms with Crippen molar-refractivity contribution >= 4 is 32.9 Å². The summed E-state index contributed by atoms with van der Waals surface area (Å²) < 4.78 is 54.6. The van der Waals surface area contributed by atoms with Crippen LogP contribution in [-0.4, -0.2) is 14.8 Å². The number of aromatic nitrogens is 3. The Morgan fingerprint density at radius 1 is 1.12 bits per heavy atom. The monoisotopic (exact) mass is 383 g/mol. The Morgan fingerprint density at radius 2 is 1.92 bits per heavy atom. The summed E-state index contributed by atoms with van der Waals surface area (Å²) in [6, 6.07) is 6.83. The molecule has 0 radical (unpaired) electrons. The first-order chi connectivity index (χ1) is 11.8. The molecule has 4 rings (SSSR count). The van der Waals surface area contributed by atoms with Gasteiger partial charge < -0.3 is 0 Å². The van der Waals surface area contributed by atoms with Crippen LogP contribution in [0.1, 0.15) is 11.3 Å². The summed E-state index contributed by atoms with van der Waals surface area (Å²) >= 11 is 2.42. The highest BCUT2D eigenvalue weighted by Gasteiger charge is 2.36. The molecule has 0 fully saturated rings. The van der Waals surface area contributed by atoms with Gasteiger partial charge in [-0.2, -0.15) is 18.3 Å². The standard InChI is InChI=1S/C16H9F4N3S2/c1-8-4-14(24-7-8)23-11(6-13(22-23)16(18,19)20)15-21-10-3-2-9(17)5-12(10)25-15/h2-7H,1H3. The van der Waals surface area contributed by atoms with Gasteiger partial charge in [0.15, 0.2) is 5.69 Å². The van der Waals surface area contributed by atoms with Crippen LogP contribution in [0, 0.1) is 12.7 Å². The highest BCUT2D eigenvalue weighted by molar-refractivity contribution is 7.21. The average Bonchev–Trinajstić information content (AvgIpc) is 3.21. The molecule has 0 spiro atoms. The van der Waals surface area contributed by atoms with Gasteiger partial charge in [-0.05, 0) is 48.2 Å². The zero-order chi connectivity index (χ0) is 17.8. The lowest BCUT2D eigenvalue weighted by Crippen LogP contribution is -2.06. The first-order valence-corrected chi connectivity index (χ1v) is 8.80. The fraction of sp³-hybridized carbons (Fsp3) is 0.125. The molecule has 3 aromatic heterocycles. The Hall–Kier alpha value is -2.26. The summed E-state index contributed by atoms with van der Waals surface area (Å²) in [5.41, 5.74) is 0.709. The summed E-state index contributed by atoms with van der Waals surface area (Å²) in [5, 5.41) is 6.48. The fourth-order valence-electron chi connectivity index (χ4n) is 2.38. The highest BCUT2D eigenvalue weighted by atomic mass is 32.1. The minimum atomic E-state index is -4.56. The first kappa shape index (κ1) is 16.2. The predicted octanol–water partition coefficient (Wildman–Crippen LogP) is 5.68. The number of hydrogen-bond acceptors (Lipinski definition) is 4. The van der Waals surface area contributed by atoms with Crippen molar-refractivity contribution in [1.82, 2.24) is 14.8 Å². The van der Waals surface area contributed by atoms with Gasteiger partial charge in [0.2, 0.25) is 0 Å². The van der Waals surface area contributed by atoms with Crippen molar-refractivity contribution in [3.8, 4) is 15.7 Å². The van der Waals surface area contributed by atoms with Crippen LogP contribution in [0.3, 0.4) is 0 Å². The zero-order valence-electron chi connectivity index (χ0n) is 12.6. The van der Waals surface area contributed by atoms with Crippen molar-refractivity contribution < 1.29 is 17.6 Å². The summed E-state index contributed by atoms with van der Waals surface area (Å²) in [4.78, 5) is 4.34. The zero-order valence-corrected chi connectivity index (χ0v) is 14.3. The molecule has 0 saturated heterocycles. The van der Waals surface area contributed by atoms with E-state index in [9.17, 15) is 17.6 Å². The number of thiazole rings is 1. The molecule has 25 heavy (non-hydrogen) atoms. The predicted molar refractivity (Wildman–Crippen MR) is 89.8 cm³/mol. The van der Waals surface area contributed by atoms with E-state index >= 15 is 0 Å². The average molecular weight is 383 g/mol. The van der Waals surface area contributed by atoms with Gasteiger partial charge in [0.25, 0.3) is 0 Å². The quantitative estimate of drug-likeness (QED) is 0.417. The normalized spacial score (nSPS) is 12.2. The number of fused-ring (bicyclic) bond motifs is 1. The van der Waals surface area contributed by atoms with Crippen LogP contribution in [0.5, 0.6) is 0 Å². The number of alkyl halides is 3. The minimum absolute atomic E-state index is 0.232. The lowest BCUT2D eigenvalue weighted by molar-refractivity contribution is -0.141. The van der Waals surface area contributed by atoms with E-state index in [2.05, 4.69) is 10.1 Å². The van der Waals surface area contributed by atoms with Crippen LogP contribution in [0.15, 0.2) is 35.7 Å². The summed E-state index contributed by atoms with van der Waals surface area (Å²) in [6.45, 7) is 1.86. The van der Waals surface area contributed by atoms with E-state index in [1.165, 1.54) is 34.2 Å². The molecule has 128 valence electrons. The third kappa shape index (κ3) is 2.93. The molecule has 0 aliphatic rings. The number of thiophene rings is 1. The van der Waals surface area contributed by atoms with Gasteiger partial charge in [0.1, 0.15) is 21.5 Å². The van der Waals surface area contributed by atoms with Gasteiger partial charge in [-0.25, -0.2) is 14.1 Å². The van der Waals surface area contributed by atoms with E-state index < -0.39 is 17.7 Å². The summed E-state index contributed by atoms with van der Waals surface area (Å²) in [5.74, 6) is -0.416. The number of nitrogens with zero attached hydrogens (tertiary/aromatic N) is 3. The Kier molecular flexibility index (Phi) is 3.66. The van der Waals surface area contributed by atoms with Crippen LogP contribution in [0.2, 0.25) is 0 Å². The highest BCUT2D eigenvalue weighted by Crippen LogP contribution is 2.37. The molecular formula is C16H9F4N3S2. The lowest BCUT2D eigenvalue weighted by atomic mass is 10.3. The number of aryl methyl sites for hydroxylation is 1. The largest absolute Gasteiger partial charge is 0.435 e. The molecule has 0 amide bonds. The lowest BCUT2D eigenvalue weighted by Gasteiger charge is -2.02. The van der Waals surface area contributed by atoms with Crippen molar-refractivity contribution in [2.75, 3.05) is 0 Å². The van der Waals surface area contributed by atoms with Crippen LogP contribution < -0.4 is 0 Å². The second kappa shape index (κ2) is 5.63. The molecule has 0 unspecified atom stereocenters. The van der Waals surface area contributed by atoms with Gasteiger partial charge in [0, 0.05) is 0 Å². The van der Waals surface area contributed by atoms with Gasteiger partial charge in [0.05, 0.1) is 10.2 Å². The number of rotatable bonds is 2. The van der Waals surface area contributed by atoms with E-state index in [4.69, 9.17) is 0 Å². The summed E-state index contributed by atoms with van der Waals surface area (Å²) in [6.07, 6.45) is -4.56. The maximum Gasteiger partial charge on any atom is 0.435 e. The third-order valence-corrected chi connectivity index (χ3v) is 5.56. The molecule has 0 N–H and O–H groups in total. The van der Waals surface area contributed by atoms with Gasteiger partial charge in [-0.3, -0.25) is 0 Å². The van der Waals surface area contributed by atoms with E-state index in [1.54, 1.807) is 6.07 Å². The van der Waals surface area contributed by atoms with Crippen molar-refractivity contribution in [1.29, 1.82) is 0 Å². The molecule has 9 heteroatoms. The van der Waals surface area contributed by atoms with Crippen molar-refractivity contribution in [2.24, 2.45) is 0 Å². The molecule has 4 aromatic rings. The van der Waals surface area contributed by atoms with E-state index in [-0.39, 0.29) is 5.69 Å². The molecule has 0 atom stereocenters. The maximum absolute atomic E-state index is 13.4. The van der Waals surface area contributed by atoms with E-state index in [0.29, 0.717) is 20.2 Å². The second-order valence-corrected chi connectivity index (χ2v) is 7.34. The third-order valence-electron chi connectivity index (χ3n) is 3.49. The first-order valence-electron chi connectivity index (χ1n) is 7.10. The second-order valence-electron chi connectivity index (χ2n) is 5.42. The Bertz CT molecular complexity index is 1070. The Balaban J connectivity index is 1.93. The molecule has 3 nitrogen and oxygen atoms in total. The van der Waals surface area contributed by atoms with Crippen molar-refractivity contribution in [2.45, 2.75) is 13.1 Å². The Labute approximate surface area is 147 Å². The van der Waals surface area contributed by atoms with Gasteiger partial charge in [-0.1, -0.05) is 0 Å². The van der Waals surface area contributed by atoms with E-state index in [1.807, 2.05) is 12.3 Å². The molecule has 0 aliphatic heterocycles. The van der Waals surface area contributed by atoms with Crippen molar-refractivity contribution in [3.05, 3.63) is 52.8 Å². The minimum Gasteiger partial charge on any atom is -0.234 e. The SMILES string of the molecule is Cc1csc(-n2nc(C(F)(F)F)cc2-c2nc3ccc(F)cc3s2)c1. The number of benzene rings is 1. The summed E-state index contributed by atoms with van der Waals surface area (Å²) in [7, 11) is 0. The fourth-order valence-corrected chi connectivity index (χ4v) is 4.23. The topological polar surface area (TPSA) is 30.7 Å². The van der Waals surface area contributed by atoms with Crippen molar-refractivity contribution in [3.63, 3.8) is 0 Å². The van der Waals surface area contributed by atoms with E-state index in [0.717, 1.165) is 23.0 Å². The Morgan fingerprint density at radius 3 is 2.60 bits per heavy atom. The molecule has 0 aliphatic carbocycles. The number of halogens is 4. The van der Waals surface area contributed by atoms with Crippen LogP contribution in [0.25, 0.3) is 25.9 Å². The molecule has 0 saturated carbocycles. The maximum atomic E-state index is 13.4. The van der Waals surface area contributed by atoms with Crippen LogP contribution in [-0.2, 0) is 6.18 Å². The number of hydrogen-bond donors (Lipinski definition) is 0.